The topological polar surface area (TPSA) is 32.3 Å². The summed E-state index contributed by atoms with van der Waals surface area (Å²) < 4.78 is 0. The Morgan fingerprint density at radius 1 is 1.22 bits per heavy atom. The highest BCUT2D eigenvalue weighted by molar-refractivity contribution is 5.67. The summed E-state index contributed by atoms with van der Waals surface area (Å²) in [4.78, 5) is 0. The van der Waals surface area contributed by atoms with Crippen molar-refractivity contribution in [3.05, 3.63) is 23.3 Å². The number of anilines is 1. The molecule has 0 radical (unpaired) electrons. The van der Waals surface area contributed by atoms with E-state index in [0.717, 1.165) is 12.3 Å². The van der Waals surface area contributed by atoms with Crippen LogP contribution >= 0.6 is 0 Å². The van der Waals surface area contributed by atoms with Gasteiger partial charge in [0.25, 0.3) is 0 Å². The van der Waals surface area contributed by atoms with Crippen molar-refractivity contribution < 1.29 is 5.11 Å². The minimum absolute atomic E-state index is 0.229. The smallest absolute Gasteiger partial charge is 0.121 e. The van der Waals surface area contributed by atoms with E-state index in [-0.39, 0.29) is 5.54 Å². The van der Waals surface area contributed by atoms with Crippen molar-refractivity contribution in [2.24, 2.45) is 17.3 Å². The van der Waals surface area contributed by atoms with Gasteiger partial charge in [0, 0.05) is 22.7 Å². The first kappa shape index (κ1) is 15.4. The van der Waals surface area contributed by atoms with Crippen LogP contribution in [0.25, 0.3) is 0 Å². The fourth-order valence-corrected chi connectivity index (χ4v) is 6.11. The van der Waals surface area contributed by atoms with Gasteiger partial charge in [0.15, 0.2) is 0 Å². The van der Waals surface area contributed by atoms with Crippen LogP contribution in [0.5, 0.6) is 5.75 Å². The van der Waals surface area contributed by atoms with Gasteiger partial charge in [-0.25, -0.2) is 0 Å². The molecule has 2 fully saturated rings. The molecule has 2 N–H and O–H groups in total. The molecule has 0 saturated heterocycles. The second-order valence-electron chi connectivity index (χ2n) is 9.05. The van der Waals surface area contributed by atoms with Crippen molar-refractivity contribution in [2.45, 2.75) is 77.7 Å². The molecule has 2 aliphatic carbocycles. The van der Waals surface area contributed by atoms with Gasteiger partial charge in [-0.15, -0.1) is 0 Å². The molecular weight excluding hydrogens is 282 g/mol. The molecule has 2 nitrogen and oxygen atoms in total. The Morgan fingerprint density at radius 3 is 2.74 bits per heavy atom. The predicted octanol–water partition coefficient (Wildman–Crippen LogP) is 5.46. The van der Waals surface area contributed by atoms with Gasteiger partial charge < -0.3 is 10.4 Å². The summed E-state index contributed by atoms with van der Waals surface area (Å²) in [7, 11) is 0. The number of aromatic hydroxyl groups is 1. The molecule has 23 heavy (non-hydrogen) atoms. The van der Waals surface area contributed by atoms with Gasteiger partial charge in [-0.05, 0) is 67.6 Å². The van der Waals surface area contributed by atoms with Gasteiger partial charge in [0.1, 0.15) is 5.75 Å². The molecule has 1 aromatic rings. The molecule has 2 heteroatoms. The van der Waals surface area contributed by atoms with Crippen molar-refractivity contribution in [2.75, 3.05) is 5.32 Å². The van der Waals surface area contributed by atoms with Gasteiger partial charge in [-0.1, -0.05) is 33.6 Å². The molecule has 2 saturated carbocycles. The van der Waals surface area contributed by atoms with Crippen LogP contribution < -0.4 is 5.32 Å². The number of benzene rings is 1. The van der Waals surface area contributed by atoms with E-state index in [2.05, 4.69) is 39.1 Å². The standard InChI is InChI=1S/C21H31NO/c1-5-6-7-8-13-11-15-17(16(23)12-13)19-18-14(20(19,2)3)9-10-21(18,4)22-15/h11-12,14,18-19,22-23H,5-10H2,1-4H3/t14?,18-,19-,21-/m1/s1. The summed E-state index contributed by atoms with van der Waals surface area (Å²) in [6.45, 7) is 9.47. The number of phenolic OH excluding ortho intramolecular Hbond substituents is 1. The zero-order valence-electron chi connectivity index (χ0n) is 15.1. The third-order valence-electron chi connectivity index (χ3n) is 7.28. The monoisotopic (exact) mass is 313 g/mol. The van der Waals surface area contributed by atoms with Crippen molar-refractivity contribution in [1.82, 2.24) is 0 Å². The molecule has 1 aromatic carbocycles. The van der Waals surface area contributed by atoms with Crippen molar-refractivity contribution in [3.63, 3.8) is 0 Å². The Hall–Kier alpha value is -1.18. The number of unbranched alkanes of at least 4 members (excludes halogenated alkanes) is 2. The Kier molecular flexibility index (Phi) is 3.28. The summed E-state index contributed by atoms with van der Waals surface area (Å²) in [5.74, 6) is 2.55. The lowest BCUT2D eigenvalue weighted by Gasteiger charge is -2.63. The lowest BCUT2D eigenvalue weighted by atomic mass is 9.44. The van der Waals surface area contributed by atoms with E-state index in [1.54, 1.807) is 0 Å². The lowest BCUT2D eigenvalue weighted by Crippen LogP contribution is -2.60. The maximum atomic E-state index is 10.8. The number of fused-ring (bicyclic) bond motifs is 2. The zero-order chi connectivity index (χ0) is 16.4. The van der Waals surface area contributed by atoms with E-state index >= 15 is 0 Å². The largest absolute Gasteiger partial charge is 0.508 e. The van der Waals surface area contributed by atoms with Gasteiger partial charge in [0.2, 0.25) is 0 Å². The maximum Gasteiger partial charge on any atom is 0.121 e. The lowest BCUT2D eigenvalue weighted by molar-refractivity contribution is -0.0488. The first-order valence-electron chi connectivity index (χ1n) is 9.52. The number of hydrogen-bond acceptors (Lipinski definition) is 2. The van der Waals surface area contributed by atoms with Crippen LogP contribution in [0, 0.1) is 17.3 Å². The zero-order valence-corrected chi connectivity index (χ0v) is 15.1. The quantitative estimate of drug-likeness (QED) is 0.724. The first-order chi connectivity index (χ1) is 10.9. The molecule has 4 rings (SSSR count). The minimum atomic E-state index is 0.229. The molecule has 1 aliphatic heterocycles. The fourth-order valence-electron chi connectivity index (χ4n) is 6.11. The van der Waals surface area contributed by atoms with Gasteiger partial charge in [0.05, 0.1) is 0 Å². The number of rotatable bonds is 4. The average molecular weight is 313 g/mol. The van der Waals surface area contributed by atoms with Gasteiger partial charge in [-0.2, -0.15) is 0 Å². The first-order valence-corrected chi connectivity index (χ1v) is 9.52. The minimum Gasteiger partial charge on any atom is -0.508 e. The highest BCUT2D eigenvalue weighted by Crippen LogP contribution is 2.73. The van der Waals surface area contributed by atoms with E-state index in [1.807, 2.05) is 6.07 Å². The Bertz CT molecular complexity index is 635. The number of aryl methyl sites for hydroxylation is 1. The maximum absolute atomic E-state index is 10.8. The summed E-state index contributed by atoms with van der Waals surface area (Å²) in [6.07, 6.45) is 7.39. The third-order valence-corrected chi connectivity index (χ3v) is 7.28. The molecule has 0 amide bonds. The SMILES string of the molecule is CCCCCc1cc(O)c2c(c1)N[C@]1(C)CCC3[C@@H]1[C@@H]2C3(C)C. The molecule has 0 bridgehead atoms. The van der Waals surface area contributed by atoms with E-state index in [1.165, 1.54) is 48.9 Å². The molecule has 3 aliphatic rings. The summed E-state index contributed by atoms with van der Waals surface area (Å²) in [5.41, 5.74) is 4.26. The fraction of sp³-hybridized carbons (Fsp3) is 0.714. The van der Waals surface area contributed by atoms with Crippen molar-refractivity contribution >= 4 is 5.69 Å². The van der Waals surface area contributed by atoms with Crippen molar-refractivity contribution in [3.8, 4) is 5.75 Å². The number of hydrogen-bond donors (Lipinski definition) is 2. The molecular formula is C21H31NO. The molecule has 1 heterocycles. The van der Waals surface area contributed by atoms with E-state index in [0.29, 0.717) is 23.0 Å². The predicted molar refractivity (Wildman–Crippen MR) is 96.1 cm³/mol. The Labute approximate surface area is 140 Å². The molecule has 126 valence electrons. The normalized spacial score (nSPS) is 35.9. The molecule has 4 atom stereocenters. The van der Waals surface area contributed by atoms with Crippen molar-refractivity contribution in [1.29, 1.82) is 0 Å². The molecule has 0 spiro atoms. The van der Waals surface area contributed by atoms with E-state index in [4.69, 9.17) is 0 Å². The highest BCUT2D eigenvalue weighted by Gasteiger charge is 2.68. The summed E-state index contributed by atoms with van der Waals surface area (Å²) in [5, 5.41) is 14.6. The summed E-state index contributed by atoms with van der Waals surface area (Å²) in [6, 6.07) is 4.37. The van der Waals surface area contributed by atoms with Crippen LogP contribution in [0.4, 0.5) is 5.69 Å². The Morgan fingerprint density at radius 2 is 2.00 bits per heavy atom. The van der Waals surface area contributed by atoms with Crippen LogP contribution in [0.1, 0.15) is 76.8 Å². The summed E-state index contributed by atoms with van der Waals surface area (Å²) >= 11 is 0. The van der Waals surface area contributed by atoms with Crippen LogP contribution in [0.15, 0.2) is 12.1 Å². The van der Waals surface area contributed by atoms with Gasteiger partial charge in [-0.3, -0.25) is 0 Å². The second-order valence-corrected chi connectivity index (χ2v) is 9.05. The third kappa shape index (κ3) is 1.99. The van der Waals surface area contributed by atoms with E-state index < -0.39 is 0 Å². The second kappa shape index (κ2) is 4.91. The van der Waals surface area contributed by atoms with Crippen LogP contribution in [0.3, 0.4) is 0 Å². The molecule has 0 aromatic heterocycles. The molecule has 1 unspecified atom stereocenters. The number of phenols is 1. The van der Waals surface area contributed by atoms with Crippen LogP contribution in [-0.2, 0) is 6.42 Å². The van der Waals surface area contributed by atoms with Crippen LogP contribution in [0.2, 0.25) is 0 Å². The average Bonchev–Trinajstić information content (AvgIpc) is 2.81. The number of nitrogens with one attached hydrogen (secondary N) is 1. The van der Waals surface area contributed by atoms with Crippen LogP contribution in [-0.4, -0.2) is 10.6 Å². The highest BCUT2D eigenvalue weighted by atomic mass is 16.3. The van der Waals surface area contributed by atoms with E-state index in [9.17, 15) is 5.11 Å². The Balaban J connectivity index is 1.73. The van der Waals surface area contributed by atoms with Gasteiger partial charge >= 0.3 is 0 Å².